The molecule has 2 unspecified atom stereocenters. The van der Waals surface area contributed by atoms with Crippen molar-refractivity contribution in [3.05, 3.63) is 0 Å². The van der Waals surface area contributed by atoms with Gasteiger partial charge >= 0.3 is 92.4 Å². The van der Waals surface area contributed by atoms with Gasteiger partial charge in [-0.3, -0.25) is 0 Å². The van der Waals surface area contributed by atoms with Gasteiger partial charge in [0.2, 0.25) is 0 Å². The Morgan fingerprint density at radius 1 is 1.85 bits per heavy atom. The minimum atomic E-state index is -1.76. The van der Waals surface area contributed by atoms with E-state index in [1.54, 1.807) is 6.92 Å². The zero-order chi connectivity index (χ0) is 10.7. The molecule has 7 heteroatoms. The quantitative estimate of drug-likeness (QED) is 0.397. The van der Waals surface area contributed by atoms with E-state index in [1.807, 2.05) is 0 Å². The molecule has 1 fully saturated rings. The maximum absolute atomic E-state index is 9.72. The summed E-state index contributed by atoms with van der Waals surface area (Å²) in [6.45, 7) is 4.39. The molecular weight excluding hydrogens is 326 g/mol. The van der Waals surface area contributed by atoms with Crippen molar-refractivity contribution >= 4 is 35.0 Å². The Morgan fingerprint density at radius 2 is 2.54 bits per heavy atom. The summed E-state index contributed by atoms with van der Waals surface area (Å²) in [4.78, 5) is 0. The van der Waals surface area contributed by atoms with Crippen molar-refractivity contribution in [2.45, 2.75) is 31.3 Å². The molecule has 0 radical (unpaired) electrons. The van der Waals surface area contributed by atoms with E-state index < -0.39 is 30.5 Å². The van der Waals surface area contributed by atoms with E-state index in [9.17, 15) is 5.11 Å². The molecule has 0 spiro atoms. The molecule has 1 heterocycles. The fraction of sp³-hybridized carbons (Fsp3) is 1.00. The Kier molecular flexibility index (Phi) is 4.54. The molecule has 1 aliphatic rings. The molecule has 0 aromatic carbocycles. The van der Waals surface area contributed by atoms with E-state index in [1.165, 1.54) is 0 Å². The van der Waals surface area contributed by atoms with Gasteiger partial charge in [0.05, 0.1) is 0 Å². The van der Waals surface area contributed by atoms with Gasteiger partial charge in [0, 0.05) is 0 Å². The number of aliphatic hydroxyl groups is 2. The first kappa shape index (κ1) is 10.9. The third-order valence-corrected chi connectivity index (χ3v) is 4.26. The third kappa shape index (κ3) is 3.15. The molecule has 5 atom stereocenters. The van der Waals surface area contributed by atoms with E-state index in [0.717, 1.165) is 0 Å². The van der Waals surface area contributed by atoms with Crippen LogP contribution in [0.5, 0.6) is 0 Å². The van der Waals surface area contributed by atoms with E-state index in [0.29, 0.717) is 0 Å². The minimum absolute atomic E-state index is 0.106. The summed E-state index contributed by atoms with van der Waals surface area (Å²) in [6, 6.07) is 0. The average molecular weight is 342 g/mol. The monoisotopic (exact) mass is 342 g/mol. The summed E-state index contributed by atoms with van der Waals surface area (Å²) < 4.78 is 17.5. The Morgan fingerprint density at radius 3 is 3.08 bits per heavy atom. The molecule has 0 saturated carbocycles. The molecule has 1 rings (SSSR count). The van der Waals surface area contributed by atoms with E-state index in [2.05, 4.69) is 21.8 Å². The molecule has 13 heavy (non-hydrogen) atoms. The molecule has 1 aliphatic heterocycles. The van der Waals surface area contributed by atoms with Gasteiger partial charge < -0.3 is 0 Å². The zero-order valence-corrected chi connectivity index (χ0v) is 11.3. The molecule has 0 amide bonds. The summed E-state index contributed by atoms with van der Waals surface area (Å²) in [5, 5.41) is 14.0. The van der Waals surface area contributed by atoms with Gasteiger partial charge in [-0.05, 0) is 0 Å². The molecule has 0 aromatic rings. The van der Waals surface area contributed by atoms with Crippen LogP contribution in [0.2, 0.25) is 0 Å². The zero-order valence-electron chi connectivity index (χ0n) is 8.09. The SMILES string of the molecule is [3H]OC[C@H]1O[C@@H](C)C(O)[C@H]1OI(P)S. The Balaban J connectivity index is 2.56. The van der Waals surface area contributed by atoms with Gasteiger partial charge in [0.1, 0.15) is 0 Å². The predicted molar refractivity (Wildman–Crippen MR) is 65.0 cm³/mol. The molecular formula is C6H14IO4PS. The van der Waals surface area contributed by atoms with Crippen LogP contribution in [0.25, 0.3) is 0 Å². The first-order valence-electron chi connectivity index (χ1n) is 4.19. The number of hydrogen-bond acceptors (Lipinski definition) is 5. The fourth-order valence-corrected chi connectivity index (χ4v) is 3.91. The van der Waals surface area contributed by atoms with Crippen molar-refractivity contribution < 1.29 is 18.0 Å². The Hall–Kier alpha value is 1.35. The Bertz CT molecular complexity index is 189. The predicted octanol–water partition coefficient (Wildman–Crippen LogP) is 0.568. The number of halogens is 1. The number of thiol groups is 1. The number of rotatable bonds is 4. The number of hydrogen-bond donors (Lipinski definition) is 3. The van der Waals surface area contributed by atoms with Crippen LogP contribution in [0.4, 0.5) is 0 Å². The summed E-state index contributed by atoms with van der Waals surface area (Å²) >= 11 is -1.76. The topological polar surface area (TPSA) is 58.9 Å². The van der Waals surface area contributed by atoms with Crippen molar-refractivity contribution in [3.63, 3.8) is 0 Å². The molecule has 4 nitrogen and oxygen atoms in total. The van der Waals surface area contributed by atoms with Crippen molar-refractivity contribution in [2.24, 2.45) is 0 Å². The fourth-order valence-electron chi connectivity index (χ4n) is 1.27. The van der Waals surface area contributed by atoms with Crippen molar-refractivity contribution in [3.8, 4) is 0 Å². The molecule has 1 saturated heterocycles. The summed E-state index contributed by atoms with van der Waals surface area (Å²) in [7, 11) is 4.20. The van der Waals surface area contributed by atoms with Gasteiger partial charge in [-0.1, -0.05) is 0 Å². The van der Waals surface area contributed by atoms with Crippen LogP contribution in [-0.2, 0) is 7.80 Å². The van der Waals surface area contributed by atoms with Crippen LogP contribution in [0.1, 0.15) is 6.92 Å². The van der Waals surface area contributed by atoms with Crippen molar-refractivity contribution in [1.29, 1.82) is 1.43 Å². The normalized spacial score (nSPS) is 41.8. The van der Waals surface area contributed by atoms with Crippen molar-refractivity contribution in [1.82, 2.24) is 0 Å². The van der Waals surface area contributed by atoms with Gasteiger partial charge in [-0.25, -0.2) is 0 Å². The first-order valence-corrected chi connectivity index (χ1v) is 12.1. The molecule has 0 aliphatic carbocycles. The van der Waals surface area contributed by atoms with E-state index in [4.69, 9.17) is 9.23 Å². The van der Waals surface area contributed by atoms with E-state index >= 15 is 0 Å². The first-order chi connectivity index (χ1) is 6.56. The van der Waals surface area contributed by atoms with Crippen LogP contribution in [0.15, 0.2) is 0 Å². The average Bonchev–Trinajstić information content (AvgIpc) is 2.33. The maximum atomic E-state index is 9.72. The number of ether oxygens (including phenoxy) is 1. The van der Waals surface area contributed by atoms with Crippen LogP contribution in [0.3, 0.4) is 0 Å². The Labute approximate surface area is 92.2 Å². The summed E-state index contributed by atoms with van der Waals surface area (Å²) in [5.74, 6) is 0. The molecule has 0 aromatic heterocycles. The van der Waals surface area contributed by atoms with Gasteiger partial charge in [0.25, 0.3) is 0 Å². The number of aliphatic hydroxyl groups excluding tert-OH is 2. The second-order valence-electron chi connectivity index (χ2n) is 2.85. The van der Waals surface area contributed by atoms with Gasteiger partial charge in [0.15, 0.2) is 0 Å². The van der Waals surface area contributed by atoms with Crippen molar-refractivity contribution in [2.75, 3.05) is 6.61 Å². The van der Waals surface area contributed by atoms with Crippen LogP contribution in [0, 0.1) is 0 Å². The van der Waals surface area contributed by atoms with Gasteiger partial charge in [-0.2, -0.15) is 0 Å². The standard InChI is InChI=1S/C6H14IO4PS/c1-3-5(9)6(11-7(12)13)4(2-8)10-3/h3-6,8-9,13H,2,12H2,1H3/t3-,4+,5?,6-/m0/s1/i8T. The molecule has 2 N–H and O–H groups in total. The second-order valence-corrected chi connectivity index (χ2v) is 12.2. The van der Waals surface area contributed by atoms with Crippen LogP contribution >= 0.6 is 35.0 Å². The summed E-state index contributed by atoms with van der Waals surface area (Å²) in [6.07, 6.45) is -1.74. The third-order valence-electron chi connectivity index (χ3n) is 1.93. The molecule has 0 bridgehead atoms. The second kappa shape index (κ2) is 5.44. The molecule has 80 valence electrons. The van der Waals surface area contributed by atoms with Crippen LogP contribution in [-0.4, -0.2) is 42.7 Å². The summed E-state index contributed by atoms with van der Waals surface area (Å²) in [5.41, 5.74) is 0. The van der Waals surface area contributed by atoms with Crippen LogP contribution < -0.4 is 0 Å². The van der Waals surface area contributed by atoms with Gasteiger partial charge in [-0.15, -0.1) is 0 Å². The van der Waals surface area contributed by atoms with E-state index in [-0.39, 0.29) is 18.8 Å².